The summed E-state index contributed by atoms with van der Waals surface area (Å²) in [5.41, 5.74) is 5.68. The number of hydrogen-bond donors (Lipinski definition) is 8. The Labute approximate surface area is 198 Å². The van der Waals surface area contributed by atoms with Crippen molar-refractivity contribution in [3.63, 3.8) is 0 Å². The van der Waals surface area contributed by atoms with Crippen LogP contribution < -0.4 is 21.1 Å². The van der Waals surface area contributed by atoms with Gasteiger partial charge in [-0.15, -0.1) is 0 Å². The maximum Gasteiger partial charge on any atom is 0.506 e. The van der Waals surface area contributed by atoms with Crippen molar-refractivity contribution < 1.29 is 58.9 Å². The topological polar surface area (TPSA) is 247 Å². The third-order valence-electron chi connectivity index (χ3n) is 4.80. The number of hydrogen-bond acceptors (Lipinski definition) is 11. The van der Waals surface area contributed by atoms with Gasteiger partial charge in [-0.25, -0.2) is 9.59 Å². The lowest BCUT2D eigenvalue weighted by Gasteiger charge is -2.38. The number of aliphatic hydroxyl groups is 3. The smallest absolute Gasteiger partial charge is 0.479 e. The van der Waals surface area contributed by atoms with Crippen LogP contribution in [0, 0.1) is 0 Å². The van der Waals surface area contributed by atoms with Crippen molar-refractivity contribution in [3.05, 3.63) is 23.8 Å². The Morgan fingerprint density at radius 2 is 1.80 bits per heavy atom. The molecule has 2 rings (SSSR count). The third kappa shape index (κ3) is 7.76. The van der Waals surface area contributed by atoms with E-state index in [2.05, 4.69) is 15.4 Å². The maximum atomic E-state index is 12.4. The van der Waals surface area contributed by atoms with Crippen LogP contribution in [0.2, 0.25) is 0 Å². The largest absolute Gasteiger partial charge is 0.506 e. The molecule has 1 heterocycles. The zero-order valence-corrected chi connectivity index (χ0v) is 18.5. The van der Waals surface area contributed by atoms with Gasteiger partial charge in [-0.3, -0.25) is 9.59 Å². The van der Waals surface area contributed by atoms with Crippen LogP contribution >= 0.6 is 0 Å². The molecular formula is C20H27N3O12. The SMILES string of the molecule is C[C@H](N)C(=O)NCCC(=O)Nc1cc(COC(=O)O)ccc1OC1OC(C(=O)O)[C@@H](O)C(O)[C@H]1O. The molecule has 15 nitrogen and oxygen atoms in total. The minimum Gasteiger partial charge on any atom is -0.479 e. The molecule has 1 aromatic rings. The maximum absolute atomic E-state index is 12.4. The molecule has 1 aliphatic rings. The van der Waals surface area contributed by atoms with Gasteiger partial charge in [0.05, 0.1) is 11.7 Å². The highest BCUT2D eigenvalue weighted by Gasteiger charge is 2.48. The van der Waals surface area contributed by atoms with Gasteiger partial charge < -0.3 is 56.1 Å². The molecule has 0 radical (unpaired) electrons. The molecule has 2 amide bonds. The molecule has 6 atom stereocenters. The number of benzene rings is 1. The fourth-order valence-electron chi connectivity index (χ4n) is 2.96. The van der Waals surface area contributed by atoms with Crippen LogP contribution in [0.1, 0.15) is 18.9 Å². The number of ether oxygens (including phenoxy) is 3. The number of carboxylic acids is 1. The van der Waals surface area contributed by atoms with E-state index in [9.17, 15) is 39.6 Å². The van der Waals surface area contributed by atoms with Gasteiger partial charge in [0.2, 0.25) is 18.1 Å². The van der Waals surface area contributed by atoms with E-state index < -0.39 is 60.7 Å². The van der Waals surface area contributed by atoms with E-state index in [1.54, 1.807) is 0 Å². The Morgan fingerprint density at radius 3 is 2.40 bits per heavy atom. The molecule has 0 saturated carbocycles. The van der Waals surface area contributed by atoms with Crippen LogP contribution in [0.15, 0.2) is 18.2 Å². The summed E-state index contributed by atoms with van der Waals surface area (Å²) in [5.74, 6) is -2.82. The zero-order valence-electron chi connectivity index (χ0n) is 18.5. The van der Waals surface area contributed by atoms with Crippen LogP contribution in [0.4, 0.5) is 10.5 Å². The van der Waals surface area contributed by atoms with E-state index in [4.69, 9.17) is 20.3 Å². The molecule has 0 aliphatic carbocycles. The van der Waals surface area contributed by atoms with Crippen LogP contribution in [0.5, 0.6) is 5.75 Å². The van der Waals surface area contributed by atoms with Crippen molar-refractivity contribution in [2.24, 2.45) is 5.73 Å². The van der Waals surface area contributed by atoms with Crippen molar-refractivity contribution in [2.75, 3.05) is 11.9 Å². The number of anilines is 1. The number of carbonyl (C=O) groups excluding carboxylic acids is 2. The van der Waals surface area contributed by atoms with Gasteiger partial charge in [0.1, 0.15) is 30.7 Å². The summed E-state index contributed by atoms with van der Waals surface area (Å²) < 4.78 is 15.0. The lowest BCUT2D eigenvalue weighted by atomic mass is 9.99. The van der Waals surface area contributed by atoms with E-state index in [1.807, 2.05) is 0 Å². The zero-order chi connectivity index (χ0) is 26.3. The highest BCUT2D eigenvalue weighted by molar-refractivity contribution is 5.93. The van der Waals surface area contributed by atoms with E-state index in [1.165, 1.54) is 25.1 Å². The summed E-state index contributed by atoms with van der Waals surface area (Å²) in [6.45, 7) is 1.05. The van der Waals surface area contributed by atoms with Gasteiger partial charge in [0.15, 0.2) is 6.10 Å². The first-order valence-corrected chi connectivity index (χ1v) is 10.3. The fraction of sp³-hybridized carbons (Fsp3) is 0.500. The summed E-state index contributed by atoms with van der Waals surface area (Å²) in [6.07, 6.45) is -11.1. The second-order valence-corrected chi connectivity index (χ2v) is 7.62. The second-order valence-electron chi connectivity index (χ2n) is 7.62. The van der Waals surface area contributed by atoms with Gasteiger partial charge in [0, 0.05) is 13.0 Å². The van der Waals surface area contributed by atoms with Crippen LogP contribution in [0.3, 0.4) is 0 Å². The predicted molar refractivity (Wildman–Crippen MR) is 114 cm³/mol. The van der Waals surface area contributed by atoms with E-state index in [0.717, 1.165) is 0 Å². The molecule has 1 fully saturated rings. The van der Waals surface area contributed by atoms with Gasteiger partial charge in [-0.2, -0.15) is 0 Å². The molecule has 35 heavy (non-hydrogen) atoms. The first kappa shape index (κ1) is 27.7. The summed E-state index contributed by atoms with van der Waals surface area (Å²) in [5, 5.41) is 52.8. The van der Waals surface area contributed by atoms with Crippen LogP contribution in [-0.4, -0.2) is 92.8 Å². The van der Waals surface area contributed by atoms with Crippen molar-refractivity contribution in [2.45, 2.75) is 56.7 Å². The van der Waals surface area contributed by atoms with Crippen molar-refractivity contribution in [1.82, 2.24) is 5.32 Å². The highest BCUT2D eigenvalue weighted by Crippen LogP contribution is 2.31. The number of nitrogens with two attached hydrogens (primary N) is 1. The Hall–Kier alpha value is -3.50. The van der Waals surface area contributed by atoms with Gasteiger partial charge in [0.25, 0.3) is 0 Å². The number of nitrogens with one attached hydrogen (secondary N) is 2. The summed E-state index contributed by atoms with van der Waals surface area (Å²) in [4.78, 5) is 45.9. The number of carbonyl (C=O) groups is 4. The molecule has 9 N–H and O–H groups in total. The Bertz CT molecular complexity index is 940. The highest BCUT2D eigenvalue weighted by atomic mass is 16.7. The van der Waals surface area contributed by atoms with E-state index in [0.29, 0.717) is 5.56 Å². The molecule has 194 valence electrons. The molecule has 3 unspecified atom stereocenters. The number of amides is 2. The molecule has 1 aliphatic heterocycles. The summed E-state index contributed by atoms with van der Waals surface area (Å²) >= 11 is 0. The predicted octanol–water partition coefficient (Wildman–Crippen LogP) is -2.06. The first-order valence-electron chi connectivity index (χ1n) is 10.3. The summed E-state index contributed by atoms with van der Waals surface area (Å²) in [7, 11) is 0. The monoisotopic (exact) mass is 501 g/mol. The lowest BCUT2D eigenvalue weighted by Crippen LogP contribution is -2.61. The normalized spacial score (nSPS) is 24.7. The van der Waals surface area contributed by atoms with Crippen molar-refractivity contribution in [1.29, 1.82) is 0 Å². The van der Waals surface area contributed by atoms with Crippen LogP contribution in [-0.2, 0) is 30.5 Å². The third-order valence-corrected chi connectivity index (χ3v) is 4.80. The van der Waals surface area contributed by atoms with Gasteiger partial charge in [-0.05, 0) is 24.6 Å². The van der Waals surface area contributed by atoms with Crippen molar-refractivity contribution in [3.8, 4) is 5.75 Å². The van der Waals surface area contributed by atoms with Crippen LogP contribution in [0.25, 0.3) is 0 Å². The van der Waals surface area contributed by atoms with E-state index in [-0.39, 0.29) is 31.0 Å². The number of aliphatic hydroxyl groups excluding tert-OH is 3. The number of carboxylic acid groups (broad SMARTS) is 2. The van der Waals surface area contributed by atoms with Crippen molar-refractivity contribution >= 4 is 29.6 Å². The fourth-order valence-corrected chi connectivity index (χ4v) is 2.96. The summed E-state index contributed by atoms with van der Waals surface area (Å²) in [6, 6.07) is 3.16. The van der Waals surface area contributed by atoms with Gasteiger partial charge >= 0.3 is 12.1 Å². The number of aliphatic carboxylic acids is 1. The van der Waals surface area contributed by atoms with Gasteiger partial charge in [-0.1, -0.05) is 6.07 Å². The Balaban J connectivity index is 2.21. The Kier molecular flexibility index (Phi) is 9.73. The molecule has 1 saturated heterocycles. The molecule has 0 aromatic heterocycles. The standard InChI is InChI=1S/C20H27N3O12/c1-8(21)17(28)22-5-4-12(24)23-10-6-9(7-33-20(31)32)2-3-11(10)34-19-15(27)13(25)14(26)16(35-19)18(29)30/h2-3,6,8,13-16,19,25-27H,4-5,7,21H2,1H3,(H,22,28)(H,23,24)(H,29,30)(H,31,32)/t8-,13?,14-,15+,16?,19?/m0/s1. The quantitative estimate of drug-likeness (QED) is 0.161. The Morgan fingerprint density at radius 1 is 1.11 bits per heavy atom. The molecule has 0 spiro atoms. The minimum atomic E-state index is -1.93. The molecular weight excluding hydrogens is 474 g/mol. The number of rotatable bonds is 10. The minimum absolute atomic E-state index is 0.0386. The molecule has 0 bridgehead atoms. The van der Waals surface area contributed by atoms with E-state index >= 15 is 0 Å². The first-order chi connectivity index (χ1) is 16.4. The lowest BCUT2D eigenvalue weighted by molar-refractivity contribution is -0.271. The molecule has 1 aromatic carbocycles. The molecule has 15 heteroatoms. The average molecular weight is 501 g/mol. The average Bonchev–Trinajstić information content (AvgIpc) is 2.78. The second kappa shape index (κ2) is 12.3.